The summed E-state index contributed by atoms with van der Waals surface area (Å²) in [6.45, 7) is 0. The van der Waals surface area contributed by atoms with Crippen molar-refractivity contribution < 1.29 is 9.18 Å². The van der Waals surface area contributed by atoms with E-state index in [-0.39, 0.29) is 10.6 Å². The number of amides is 1. The Balaban J connectivity index is 3.16. The number of thiocarbonyl (C=S) groups is 1. The van der Waals surface area contributed by atoms with E-state index in [1.165, 1.54) is 6.07 Å². The summed E-state index contributed by atoms with van der Waals surface area (Å²) in [4.78, 5) is 14.3. The molecular formula is C8H3ClFNOS. The zero-order chi connectivity index (χ0) is 9.84. The van der Waals surface area contributed by atoms with Crippen molar-refractivity contribution in [2.45, 2.75) is 0 Å². The third-order valence-electron chi connectivity index (χ3n) is 1.31. The summed E-state index contributed by atoms with van der Waals surface area (Å²) >= 11 is 9.82. The van der Waals surface area contributed by atoms with E-state index in [0.717, 1.165) is 12.1 Å². The van der Waals surface area contributed by atoms with Gasteiger partial charge in [-0.3, -0.25) is 4.79 Å². The lowest BCUT2D eigenvalue weighted by Crippen LogP contribution is -1.95. The van der Waals surface area contributed by atoms with Crippen molar-refractivity contribution in [1.82, 2.24) is 0 Å². The number of rotatable bonds is 1. The van der Waals surface area contributed by atoms with Crippen LogP contribution < -0.4 is 0 Å². The molecule has 0 atom stereocenters. The predicted octanol–water partition coefficient (Wildman–Crippen LogP) is 2.72. The van der Waals surface area contributed by atoms with E-state index in [2.05, 4.69) is 17.2 Å². The Morgan fingerprint density at radius 2 is 2.31 bits per heavy atom. The molecule has 0 aromatic heterocycles. The first kappa shape index (κ1) is 9.99. The fraction of sp³-hybridized carbons (Fsp3) is 0. The van der Waals surface area contributed by atoms with Crippen LogP contribution in [0.2, 0.25) is 5.02 Å². The SMILES string of the molecule is O=C(N=C=S)c1ccc(F)cc1Cl. The van der Waals surface area contributed by atoms with Gasteiger partial charge < -0.3 is 0 Å². The highest BCUT2D eigenvalue weighted by molar-refractivity contribution is 7.78. The monoisotopic (exact) mass is 215 g/mol. The third-order valence-corrected chi connectivity index (χ3v) is 1.71. The van der Waals surface area contributed by atoms with Crippen LogP contribution in [0.1, 0.15) is 10.4 Å². The maximum Gasteiger partial charge on any atom is 0.287 e. The minimum absolute atomic E-state index is 0.0130. The van der Waals surface area contributed by atoms with Gasteiger partial charge in [0, 0.05) is 0 Å². The largest absolute Gasteiger partial charge is 0.287 e. The highest BCUT2D eigenvalue weighted by atomic mass is 35.5. The van der Waals surface area contributed by atoms with E-state index >= 15 is 0 Å². The number of isothiocyanates is 1. The molecule has 0 aliphatic carbocycles. The van der Waals surface area contributed by atoms with Gasteiger partial charge in [-0.1, -0.05) is 11.6 Å². The molecule has 0 fully saturated rings. The second kappa shape index (κ2) is 4.23. The standard InChI is InChI=1S/C8H3ClFNOS/c9-7-3-5(10)1-2-6(7)8(12)11-4-13/h1-3H. The van der Waals surface area contributed by atoms with Gasteiger partial charge in [0.2, 0.25) is 0 Å². The predicted molar refractivity (Wildman–Crippen MR) is 50.8 cm³/mol. The lowest BCUT2D eigenvalue weighted by Gasteiger charge is -1.97. The van der Waals surface area contributed by atoms with Crippen LogP contribution >= 0.6 is 23.8 Å². The van der Waals surface area contributed by atoms with Gasteiger partial charge in [0.25, 0.3) is 5.91 Å². The molecule has 13 heavy (non-hydrogen) atoms. The van der Waals surface area contributed by atoms with Crippen LogP contribution in [0.15, 0.2) is 23.2 Å². The number of hydrogen-bond acceptors (Lipinski definition) is 2. The molecule has 1 aromatic carbocycles. The summed E-state index contributed by atoms with van der Waals surface area (Å²) in [6.07, 6.45) is 0. The molecule has 0 unspecified atom stereocenters. The highest BCUT2D eigenvalue weighted by Gasteiger charge is 2.08. The number of carbonyl (C=O) groups is 1. The number of halogens is 2. The number of benzene rings is 1. The molecule has 5 heteroatoms. The summed E-state index contributed by atoms with van der Waals surface area (Å²) in [7, 11) is 0. The van der Waals surface area contributed by atoms with Crippen molar-refractivity contribution in [2.75, 3.05) is 0 Å². The average molecular weight is 216 g/mol. The van der Waals surface area contributed by atoms with Crippen LogP contribution in [0.4, 0.5) is 4.39 Å². The third kappa shape index (κ3) is 2.42. The fourth-order valence-electron chi connectivity index (χ4n) is 0.765. The summed E-state index contributed by atoms with van der Waals surface area (Å²) in [6, 6.07) is 3.40. The number of hydrogen-bond donors (Lipinski definition) is 0. The molecule has 1 aromatic rings. The Morgan fingerprint density at radius 3 is 2.85 bits per heavy atom. The Bertz CT molecular complexity index is 401. The molecule has 66 valence electrons. The molecule has 0 saturated heterocycles. The topological polar surface area (TPSA) is 29.4 Å². The molecule has 0 spiro atoms. The Kier molecular flexibility index (Phi) is 3.25. The quantitative estimate of drug-likeness (QED) is 0.533. The number of carbonyl (C=O) groups excluding carboxylic acids is 1. The van der Waals surface area contributed by atoms with Crippen molar-refractivity contribution in [3.63, 3.8) is 0 Å². The van der Waals surface area contributed by atoms with Crippen molar-refractivity contribution in [3.8, 4) is 0 Å². The molecule has 0 radical (unpaired) electrons. The Hall–Kier alpha value is -1.09. The van der Waals surface area contributed by atoms with Gasteiger partial charge in [-0.15, -0.1) is 0 Å². The first-order chi connectivity index (χ1) is 6.15. The lowest BCUT2D eigenvalue weighted by atomic mass is 10.2. The van der Waals surface area contributed by atoms with Crippen molar-refractivity contribution in [2.24, 2.45) is 4.99 Å². The van der Waals surface area contributed by atoms with Gasteiger partial charge >= 0.3 is 0 Å². The van der Waals surface area contributed by atoms with E-state index < -0.39 is 11.7 Å². The minimum Gasteiger partial charge on any atom is -0.266 e. The van der Waals surface area contributed by atoms with Crippen molar-refractivity contribution >= 4 is 34.9 Å². The van der Waals surface area contributed by atoms with Crippen LogP contribution in [-0.2, 0) is 0 Å². The first-order valence-corrected chi connectivity index (χ1v) is 4.01. The summed E-state index contributed by atoms with van der Waals surface area (Å²) in [5.74, 6) is -1.13. The molecule has 0 aliphatic heterocycles. The fourth-order valence-corrected chi connectivity index (χ4v) is 1.10. The lowest BCUT2D eigenvalue weighted by molar-refractivity contribution is 0.100. The zero-order valence-electron chi connectivity index (χ0n) is 6.25. The smallest absolute Gasteiger partial charge is 0.266 e. The van der Waals surface area contributed by atoms with Crippen LogP contribution in [-0.4, -0.2) is 11.1 Å². The molecule has 0 bridgehead atoms. The molecular weight excluding hydrogens is 213 g/mol. The van der Waals surface area contributed by atoms with Crippen LogP contribution in [0.3, 0.4) is 0 Å². The van der Waals surface area contributed by atoms with Gasteiger partial charge in [0.1, 0.15) is 5.82 Å². The molecule has 0 aliphatic rings. The molecule has 0 N–H and O–H groups in total. The second-order valence-electron chi connectivity index (χ2n) is 2.13. The van der Waals surface area contributed by atoms with E-state index in [4.69, 9.17) is 11.6 Å². The van der Waals surface area contributed by atoms with Crippen LogP contribution in [0, 0.1) is 5.82 Å². The van der Waals surface area contributed by atoms with E-state index in [9.17, 15) is 9.18 Å². The first-order valence-electron chi connectivity index (χ1n) is 3.22. The Labute approximate surface area is 84.0 Å². The van der Waals surface area contributed by atoms with Gasteiger partial charge in [-0.05, 0) is 30.4 Å². The number of nitrogens with zero attached hydrogens (tertiary/aromatic N) is 1. The van der Waals surface area contributed by atoms with Gasteiger partial charge in [-0.25, -0.2) is 4.39 Å². The van der Waals surface area contributed by atoms with E-state index in [1.807, 2.05) is 5.16 Å². The molecule has 0 heterocycles. The molecule has 1 rings (SSSR count). The second-order valence-corrected chi connectivity index (χ2v) is 2.72. The minimum atomic E-state index is -0.625. The van der Waals surface area contributed by atoms with E-state index in [1.54, 1.807) is 0 Å². The number of aliphatic imine (C=N–C) groups is 1. The average Bonchev–Trinajstić information content (AvgIpc) is 2.04. The molecule has 1 amide bonds. The van der Waals surface area contributed by atoms with Gasteiger partial charge in [0.05, 0.1) is 15.7 Å². The highest BCUT2D eigenvalue weighted by Crippen LogP contribution is 2.17. The maximum atomic E-state index is 12.5. The Morgan fingerprint density at radius 1 is 1.62 bits per heavy atom. The zero-order valence-corrected chi connectivity index (χ0v) is 7.82. The summed E-state index contributed by atoms with van der Waals surface area (Å²) in [5.41, 5.74) is 0.111. The van der Waals surface area contributed by atoms with Crippen molar-refractivity contribution in [3.05, 3.63) is 34.6 Å². The van der Waals surface area contributed by atoms with Crippen molar-refractivity contribution in [1.29, 1.82) is 0 Å². The summed E-state index contributed by atoms with van der Waals surface area (Å²) < 4.78 is 12.5. The van der Waals surface area contributed by atoms with E-state index in [0.29, 0.717) is 0 Å². The maximum absolute atomic E-state index is 12.5. The normalized spacial score (nSPS) is 9.08. The van der Waals surface area contributed by atoms with Gasteiger partial charge in [0.15, 0.2) is 0 Å². The van der Waals surface area contributed by atoms with Crippen LogP contribution in [0.25, 0.3) is 0 Å². The van der Waals surface area contributed by atoms with Crippen LogP contribution in [0.5, 0.6) is 0 Å². The van der Waals surface area contributed by atoms with Gasteiger partial charge in [-0.2, -0.15) is 4.99 Å². The molecule has 2 nitrogen and oxygen atoms in total. The molecule has 0 saturated carbocycles. The summed E-state index contributed by atoms with van der Waals surface area (Å²) in [5, 5.41) is 1.93.